The smallest absolute Gasteiger partial charge is 0.870 e. The number of phenolic OH excluding ortho intramolecular Hbond substituents is 1. The van der Waals surface area contributed by atoms with E-state index in [4.69, 9.17) is 28.4 Å². The minimum atomic E-state index is -0.784. The average molecular weight is 1650 g/mol. The number of aliphatic hydroxyl groups is 1. The number of aryl methyl sites for hydroxylation is 4. The number of phenols is 1. The first-order valence-electron chi connectivity index (χ1n) is 40.4. The van der Waals surface area contributed by atoms with Crippen LogP contribution in [0.1, 0.15) is 237 Å². The van der Waals surface area contributed by atoms with Gasteiger partial charge in [-0.2, -0.15) is 0 Å². The van der Waals surface area contributed by atoms with Crippen LogP contribution in [0.4, 0.5) is 0 Å². The maximum atomic E-state index is 11.9. The number of carboxylic acids is 1. The van der Waals surface area contributed by atoms with E-state index in [1.54, 1.807) is 57.5 Å². The molecule has 4 aliphatic rings. The number of hydrogen-bond donors (Lipinski definition) is 3. The zero-order valence-electron chi connectivity index (χ0n) is 67.7. The number of hydrogen-bond acceptors (Lipinski definition) is 17. The number of rotatable bonds is 22. The Kier molecular flexibility index (Phi) is 36.1. The molecule has 8 aromatic carbocycles. The maximum absolute atomic E-state index is 11.9. The van der Waals surface area contributed by atoms with Gasteiger partial charge >= 0.3 is 42.7 Å². The summed E-state index contributed by atoms with van der Waals surface area (Å²) in [5.41, 5.74) is 14.8. The van der Waals surface area contributed by atoms with E-state index in [1.807, 2.05) is 131 Å². The van der Waals surface area contributed by atoms with Crippen molar-refractivity contribution in [1.29, 1.82) is 0 Å². The second-order valence-electron chi connectivity index (χ2n) is 29.6. The van der Waals surface area contributed by atoms with Crippen LogP contribution in [0.5, 0.6) is 23.0 Å². The van der Waals surface area contributed by atoms with Crippen LogP contribution in [0, 0.1) is 0 Å². The fourth-order valence-corrected chi connectivity index (χ4v) is 19.3. The first-order chi connectivity index (χ1) is 56.8. The Morgan fingerprint density at radius 2 is 0.602 bits per heavy atom. The SMILES string of the molecule is COC(=O)CC(c1ccc(O)cc1)c1cccs1.COC(=O)CC(c1ccc(OC2CCCCc3ccccc32)cc1)c1cccs1.COC(=O)CC(c1ccc(OC2CCCCc3ccccc32)cc1)c1cccs1.O=C(O)CC(c1ccc(OC2CCCCc3ccccc32)cc1)c1cccs1.OC1CCCCc2ccccc21.[Li+].[OH-]. The molecule has 0 aliphatic heterocycles. The zero-order valence-corrected chi connectivity index (χ0v) is 70.9. The molecule has 0 bridgehead atoms. The van der Waals surface area contributed by atoms with Crippen molar-refractivity contribution in [3.63, 3.8) is 0 Å². The predicted molar refractivity (Wildman–Crippen MR) is 467 cm³/mol. The molecule has 0 saturated carbocycles. The molecule has 4 N–H and O–H groups in total. The molecule has 8 unspecified atom stereocenters. The number of carboxylic acid groups (broad SMARTS) is 1. The molecule has 0 radical (unpaired) electrons. The largest absolute Gasteiger partial charge is 1.00 e. The van der Waals surface area contributed by atoms with Crippen LogP contribution in [0.2, 0.25) is 0 Å². The Hall–Kier alpha value is -9.84. The number of aliphatic hydroxyl groups excluding tert-OH is 1. The Bertz CT molecular complexity index is 4800. The standard InChI is InChI=1S/2C25H26O3S.C24H24O3S.C14H14O3S.C11H14O.Li.H2O/c2*1-27-25(26)17-22(24-11-6-16-29-24)19-12-14-20(15-13-19)28-23-10-5-3-8-18-7-2-4-9-21(18)23;25-24(26)16-21(23-10-5-15-28-23)18-11-13-19(14-12-18)27-22-9-4-2-7-17-6-1-3-8-20(17)22;1-17-14(16)9-12(13-3-2-8-18-13)10-4-6-11(15)7-5-10;12-11-8-4-2-6-9-5-1-3-7-10(9)11;;/h2*2,4,6-7,9,11-16,22-23H,3,5,8,10,17H2,1H3;1,3,5-6,8,10-15,21-22H,2,4,7,9,16H2,(H,25,26);2-8,12,15H,9H2,1H3;1,3,5,7,11-12H,2,4,6,8H2;;1H2/q;;;;;+1;/p-1. The third-order valence-corrected chi connectivity index (χ3v) is 25.9. The first kappa shape index (κ1) is 90.5. The van der Waals surface area contributed by atoms with Crippen molar-refractivity contribution in [2.24, 2.45) is 0 Å². The van der Waals surface area contributed by atoms with E-state index in [9.17, 15) is 34.5 Å². The van der Waals surface area contributed by atoms with Crippen LogP contribution >= 0.6 is 45.3 Å². The summed E-state index contributed by atoms with van der Waals surface area (Å²) in [5.74, 6) is 1.28. The molecule has 118 heavy (non-hydrogen) atoms. The number of thiophene rings is 4. The number of carbonyl (C=O) groups is 4. The van der Waals surface area contributed by atoms with Gasteiger partial charge in [0.05, 0.1) is 53.1 Å². The van der Waals surface area contributed by atoms with Gasteiger partial charge in [-0.05, 0) is 257 Å². The molecule has 12 aromatic rings. The quantitative estimate of drug-likeness (QED) is 0.0249. The second-order valence-corrected chi connectivity index (χ2v) is 33.5. The zero-order chi connectivity index (χ0) is 80.8. The summed E-state index contributed by atoms with van der Waals surface area (Å²) in [6.45, 7) is 0. The van der Waals surface area contributed by atoms with E-state index in [0.717, 1.165) is 119 Å². The summed E-state index contributed by atoms with van der Waals surface area (Å²) < 4.78 is 33.7. The first-order valence-corrected chi connectivity index (χ1v) is 43.9. The number of esters is 3. The van der Waals surface area contributed by atoms with Gasteiger partial charge in [-0.3, -0.25) is 19.2 Å². The fourth-order valence-electron chi connectivity index (χ4n) is 15.8. The number of methoxy groups -OCH3 is 3. The number of carbonyl (C=O) groups excluding carboxylic acids is 3. The Labute approximate surface area is 722 Å². The van der Waals surface area contributed by atoms with Gasteiger partial charge < -0.3 is 49.2 Å². The number of benzene rings is 8. The van der Waals surface area contributed by atoms with Crippen molar-refractivity contribution in [2.75, 3.05) is 21.3 Å². The molecule has 0 amide bonds. The summed E-state index contributed by atoms with van der Waals surface area (Å²) in [5, 5.41) is 36.4. The topological polar surface area (TPSA) is 214 Å². The maximum Gasteiger partial charge on any atom is 1.00 e. The van der Waals surface area contributed by atoms with Gasteiger partial charge in [0.2, 0.25) is 0 Å². The van der Waals surface area contributed by atoms with E-state index in [0.29, 0.717) is 19.3 Å². The summed E-state index contributed by atoms with van der Waals surface area (Å²) in [6.07, 6.45) is 19.2. The van der Waals surface area contributed by atoms with E-state index >= 15 is 0 Å². The predicted octanol–water partition coefficient (Wildman–Crippen LogP) is 21.2. The molecular weight excluding hydrogens is 1550 g/mol. The minimum absolute atomic E-state index is 0. The monoisotopic (exact) mass is 1650 g/mol. The van der Waals surface area contributed by atoms with Crippen molar-refractivity contribution >= 4 is 69.2 Å². The van der Waals surface area contributed by atoms with Crippen LogP contribution in [-0.2, 0) is 59.1 Å². The number of aromatic hydroxyl groups is 1. The molecular formula is C99H105LiO14S4. The van der Waals surface area contributed by atoms with E-state index in [1.165, 1.54) is 109 Å². The summed E-state index contributed by atoms with van der Waals surface area (Å²) >= 11 is 6.55. The average Bonchev–Trinajstić information content (AvgIpc) is 1.30. The second kappa shape index (κ2) is 47.1. The van der Waals surface area contributed by atoms with Gasteiger partial charge in [0.25, 0.3) is 0 Å². The molecule has 4 aromatic heterocycles. The van der Waals surface area contributed by atoms with E-state index < -0.39 is 5.97 Å². The third-order valence-electron chi connectivity index (χ3n) is 22.0. The van der Waals surface area contributed by atoms with Gasteiger partial charge in [-0.15, -0.1) is 45.3 Å². The van der Waals surface area contributed by atoms with E-state index in [2.05, 4.69) is 121 Å². The molecule has 610 valence electrons. The van der Waals surface area contributed by atoms with Crippen LogP contribution in [0.25, 0.3) is 0 Å². The summed E-state index contributed by atoms with van der Waals surface area (Å²) in [6, 6.07) is 81.5. The Morgan fingerprint density at radius 1 is 0.339 bits per heavy atom. The normalized spacial score (nSPS) is 16.7. The summed E-state index contributed by atoms with van der Waals surface area (Å²) in [7, 11) is 4.27. The van der Waals surface area contributed by atoms with E-state index in [-0.39, 0.29) is 103 Å². The van der Waals surface area contributed by atoms with Crippen LogP contribution in [0.3, 0.4) is 0 Å². The molecule has 4 aliphatic carbocycles. The molecule has 16 rings (SSSR count). The molecule has 0 spiro atoms. The molecule has 0 saturated heterocycles. The molecule has 14 nitrogen and oxygen atoms in total. The number of fused-ring (bicyclic) bond motifs is 4. The van der Waals surface area contributed by atoms with Gasteiger partial charge in [-0.25, -0.2) is 0 Å². The van der Waals surface area contributed by atoms with Gasteiger partial charge in [0, 0.05) is 43.2 Å². The van der Waals surface area contributed by atoms with Crippen molar-refractivity contribution in [3.05, 3.63) is 350 Å². The van der Waals surface area contributed by atoms with Crippen molar-refractivity contribution in [1.82, 2.24) is 0 Å². The van der Waals surface area contributed by atoms with Gasteiger partial charge in [0.1, 0.15) is 41.3 Å². The van der Waals surface area contributed by atoms with Crippen molar-refractivity contribution in [2.45, 2.75) is 177 Å². The van der Waals surface area contributed by atoms with Gasteiger partial charge in [0.15, 0.2) is 0 Å². The van der Waals surface area contributed by atoms with Crippen molar-refractivity contribution in [3.8, 4) is 23.0 Å². The van der Waals surface area contributed by atoms with Crippen LogP contribution < -0.4 is 33.1 Å². The molecule has 8 atom stereocenters. The number of aliphatic carboxylic acids is 1. The van der Waals surface area contributed by atoms with Crippen LogP contribution in [-0.4, -0.2) is 66.0 Å². The van der Waals surface area contributed by atoms with Gasteiger partial charge in [-0.1, -0.05) is 176 Å². The van der Waals surface area contributed by atoms with Crippen molar-refractivity contribution < 1.29 is 87.3 Å². The molecule has 0 fully saturated rings. The molecule has 19 heteroatoms. The van der Waals surface area contributed by atoms with Crippen LogP contribution in [0.15, 0.2) is 264 Å². The Balaban J connectivity index is 0.000000159. The Morgan fingerprint density at radius 3 is 0.881 bits per heavy atom. The molecule has 4 heterocycles. The summed E-state index contributed by atoms with van der Waals surface area (Å²) in [4.78, 5) is 51.2. The minimum Gasteiger partial charge on any atom is -0.870 e. The number of ether oxygens (including phenoxy) is 6. The third kappa shape index (κ3) is 26.1. The fraction of sp³-hybridized carbons (Fsp3) is 0.313.